The molecule has 0 spiro atoms. The van der Waals surface area contributed by atoms with Crippen molar-refractivity contribution in [3.8, 4) is 0 Å². The maximum Gasteiger partial charge on any atom is 0.379 e. The van der Waals surface area contributed by atoms with Crippen LogP contribution in [0.15, 0.2) is 24.3 Å². The van der Waals surface area contributed by atoms with E-state index in [1.807, 2.05) is 12.1 Å². The molecule has 0 aliphatic heterocycles. The van der Waals surface area contributed by atoms with Crippen LogP contribution in [0.5, 0.6) is 0 Å². The van der Waals surface area contributed by atoms with E-state index >= 15 is 0 Å². The van der Waals surface area contributed by atoms with Crippen LogP contribution in [0.3, 0.4) is 0 Å². The van der Waals surface area contributed by atoms with Crippen LogP contribution in [0.2, 0.25) is 0 Å². The zero-order chi connectivity index (χ0) is 13.4. The van der Waals surface area contributed by atoms with E-state index < -0.39 is 11.8 Å². The summed E-state index contributed by atoms with van der Waals surface area (Å²) in [4.78, 5) is 22.6. The van der Waals surface area contributed by atoms with Gasteiger partial charge in [0, 0.05) is 5.56 Å². The standard InChI is InChI=1S/C15H20O3/c1-3-4-5-6-7-12-8-10-13(11-9-12)14(16)15(17)18-2/h8-11H,3-7H2,1-2H3. The van der Waals surface area contributed by atoms with Crippen molar-refractivity contribution < 1.29 is 14.3 Å². The van der Waals surface area contributed by atoms with Gasteiger partial charge >= 0.3 is 5.97 Å². The first-order valence-electron chi connectivity index (χ1n) is 6.40. The SMILES string of the molecule is CCCCCCc1ccc(C(=O)C(=O)OC)cc1. The van der Waals surface area contributed by atoms with Crippen LogP contribution in [0.25, 0.3) is 0 Å². The molecule has 1 aromatic rings. The average Bonchev–Trinajstić information content (AvgIpc) is 2.42. The number of carbonyl (C=O) groups is 2. The number of hydrogen-bond donors (Lipinski definition) is 0. The van der Waals surface area contributed by atoms with E-state index in [2.05, 4.69) is 11.7 Å². The third-order valence-electron chi connectivity index (χ3n) is 2.91. The Morgan fingerprint density at radius 3 is 2.28 bits per heavy atom. The minimum Gasteiger partial charge on any atom is -0.463 e. The van der Waals surface area contributed by atoms with Gasteiger partial charge in [-0.2, -0.15) is 0 Å². The number of hydrogen-bond acceptors (Lipinski definition) is 3. The molecule has 0 aliphatic carbocycles. The molecule has 0 atom stereocenters. The Morgan fingerprint density at radius 2 is 1.72 bits per heavy atom. The van der Waals surface area contributed by atoms with Crippen LogP contribution in [0.4, 0.5) is 0 Å². The Bertz CT molecular complexity index is 393. The van der Waals surface area contributed by atoms with Crippen molar-refractivity contribution in [3.63, 3.8) is 0 Å². The lowest BCUT2D eigenvalue weighted by Gasteiger charge is -2.03. The summed E-state index contributed by atoms with van der Waals surface area (Å²) in [6.07, 6.45) is 5.91. The second-order valence-electron chi connectivity index (χ2n) is 4.33. The number of benzene rings is 1. The van der Waals surface area contributed by atoms with Crippen molar-refractivity contribution in [2.75, 3.05) is 7.11 Å². The Kier molecular flexibility index (Phi) is 6.12. The monoisotopic (exact) mass is 248 g/mol. The molecular weight excluding hydrogens is 228 g/mol. The van der Waals surface area contributed by atoms with Crippen molar-refractivity contribution in [1.82, 2.24) is 0 Å². The Balaban J connectivity index is 2.52. The highest BCUT2D eigenvalue weighted by atomic mass is 16.5. The molecule has 0 radical (unpaired) electrons. The van der Waals surface area contributed by atoms with Crippen molar-refractivity contribution >= 4 is 11.8 Å². The summed E-state index contributed by atoms with van der Waals surface area (Å²) in [5.74, 6) is -1.40. The van der Waals surface area contributed by atoms with Crippen molar-refractivity contribution in [3.05, 3.63) is 35.4 Å². The average molecular weight is 248 g/mol. The molecule has 0 amide bonds. The summed E-state index contributed by atoms with van der Waals surface area (Å²) in [6.45, 7) is 2.19. The summed E-state index contributed by atoms with van der Waals surface area (Å²) >= 11 is 0. The second kappa shape index (κ2) is 7.64. The lowest BCUT2D eigenvalue weighted by Crippen LogP contribution is -2.15. The maximum atomic E-state index is 11.5. The van der Waals surface area contributed by atoms with Crippen LogP contribution in [-0.2, 0) is 16.0 Å². The number of Topliss-reactive ketones (excluding diaryl/α,β-unsaturated/α-hetero) is 1. The molecule has 0 aromatic heterocycles. The fourth-order valence-electron chi connectivity index (χ4n) is 1.79. The van der Waals surface area contributed by atoms with E-state index in [1.165, 1.54) is 31.9 Å². The first-order valence-corrected chi connectivity index (χ1v) is 6.40. The van der Waals surface area contributed by atoms with Crippen molar-refractivity contribution in [2.45, 2.75) is 39.0 Å². The van der Waals surface area contributed by atoms with Gasteiger partial charge in [-0.25, -0.2) is 4.79 Å². The molecular formula is C15H20O3. The van der Waals surface area contributed by atoms with Crippen LogP contribution < -0.4 is 0 Å². The number of methoxy groups -OCH3 is 1. The van der Waals surface area contributed by atoms with E-state index in [-0.39, 0.29) is 0 Å². The van der Waals surface area contributed by atoms with Gasteiger partial charge in [0.05, 0.1) is 7.11 Å². The first kappa shape index (κ1) is 14.4. The molecule has 0 N–H and O–H groups in total. The van der Waals surface area contributed by atoms with Crippen LogP contribution in [-0.4, -0.2) is 18.9 Å². The van der Waals surface area contributed by atoms with Gasteiger partial charge in [-0.15, -0.1) is 0 Å². The van der Waals surface area contributed by atoms with Gasteiger partial charge < -0.3 is 4.74 Å². The van der Waals surface area contributed by atoms with Gasteiger partial charge in [-0.05, 0) is 18.4 Å². The fraction of sp³-hybridized carbons (Fsp3) is 0.467. The van der Waals surface area contributed by atoms with E-state index in [4.69, 9.17) is 0 Å². The fourth-order valence-corrected chi connectivity index (χ4v) is 1.79. The zero-order valence-electron chi connectivity index (χ0n) is 11.1. The van der Waals surface area contributed by atoms with Gasteiger partial charge in [0.1, 0.15) is 0 Å². The van der Waals surface area contributed by atoms with E-state index in [0.29, 0.717) is 5.56 Å². The third-order valence-corrected chi connectivity index (χ3v) is 2.91. The van der Waals surface area contributed by atoms with Gasteiger partial charge in [0.15, 0.2) is 0 Å². The number of esters is 1. The normalized spacial score (nSPS) is 10.1. The summed E-state index contributed by atoms with van der Waals surface area (Å²) in [6, 6.07) is 7.19. The largest absolute Gasteiger partial charge is 0.463 e. The molecule has 3 heteroatoms. The first-order chi connectivity index (χ1) is 8.69. The Labute approximate surface area is 108 Å². The van der Waals surface area contributed by atoms with E-state index in [1.54, 1.807) is 12.1 Å². The number of rotatable bonds is 7. The van der Waals surface area contributed by atoms with Gasteiger partial charge in [0.2, 0.25) is 0 Å². The van der Waals surface area contributed by atoms with Gasteiger partial charge in [0.25, 0.3) is 5.78 Å². The molecule has 0 heterocycles. The number of unbranched alkanes of at least 4 members (excludes halogenated alkanes) is 3. The zero-order valence-corrected chi connectivity index (χ0v) is 11.1. The predicted molar refractivity (Wildman–Crippen MR) is 70.6 cm³/mol. The molecule has 1 rings (SSSR count). The van der Waals surface area contributed by atoms with Gasteiger partial charge in [-0.1, -0.05) is 50.5 Å². The van der Waals surface area contributed by atoms with Gasteiger partial charge in [-0.3, -0.25) is 4.79 Å². The van der Waals surface area contributed by atoms with Crippen molar-refractivity contribution in [2.24, 2.45) is 0 Å². The minimum absolute atomic E-state index is 0.388. The highest BCUT2D eigenvalue weighted by molar-refractivity contribution is 6.40. The number of ether oxygens (including phenoxy) is 1. The van der Waals surface area contributed by atoms with Crippen LogP contribution >= 0.6 is 0 Å². The Morgan fingerprint density at radius 1 is 1.06 bits per heavy atom. The summed E-state index contributed by atoms with van der Waals surface area (Å²) in [5.41, 5.74) is 1.59. The summed E-state index contributed by atoms with van der Waals surface area (Å²) < 4.78 is 4.40. The van der Waals surface area contributed by atoms with E-state index in [9.17, 15) is 9.59 Å². The third kappa shape index (κ3) is 4.32. The smallest absolute Gasteiger partial charge is 0.379 e. The molecule has 0 unspecified atom stereocenters. The van der Waals surface area contributed by atoms with E-state index in [0.717, 1.165) is 12.8 Å². The van der Waals surface area contributed by atoms with Crippen LogP contribution in [0.1, 0.15) is 48.5 Å². The summed E-state index contributed by atoms with van der Waals surface area (Å²) in [5, 5.41) is 0. The number of carbonyl (C=O) groups excluding carboxylic acids is 2. The summed E-state index contributed by atoms with van der Waals surface area (Å²) in [7, 11) is 1.21. The topological polar surface area (TPSA) is 43.4 Å². The molecule has 98 valence electrons. The highest BCUT2D eigenvalue weighted by Crippen LogP contribution is 2.10. The molecule has 0 bridgehead atoms. The quantitative estimate of drug-likeness (QED) is 0.322. The number of ketones is 1. The molecule has 0 aliphatic rings. The molecule has 3 nitrogen and oxygen atoms in total. The number of aryl methyl sites for hydroxylation is 1. The van der Waals surface area contributed by atoms with Crippen molar-refractivity contribution in [1.29, 1.82) is 0 Å². The second-order valence-corrected chi connectivity index (χ2v) is 4.33. The predicted octanol–water partition coefficient (Wildman–Crippen LogP) is 3.17. The molecule has 0 saturated carbocycles. The Hall–Kier alpha value is -1.64. The molecule has 18 heavy (non-hydrogen) atoms. The lowest BCUT2D eigenvalue weighted by molar-refractivity contribution is -0.135. The minimum atomic E-state index is -0.814. The lowest BCUT2D eigenvalue weighted by atomic mass is 10.0. The highest BCUT2D eigenvalue weighted by Gasteiger charge is 2.15. The molecule has 1 aromatic carbocycles. The maximum absolute atomic E-state index is 11.5. The molecule has 0 fully saturated rings. The van der Waals surface area contributed by atoms with Crippen LogP contribution in [0, 0.1) is 0 Å². The molecule has 0 saturated heterocycles.